The summed E-state index contributed by atoms with van der Waals surface area (Å²) in [5.74, 6) is 0.0729. The van der Waals surface area contributed by atoms with E-state index in [2.05, 4.69) is 10.3 Å². The van der Waals surface area contributed by atoms with Gasteiger partial charge >= 0.3 is 0 Å². The number of ether oxygens (including phenoxy) is 1. The maximum Gasteiger partial charge on any atom is 0.221 e. The molecule has 0 aliphatic heterocycles. The molecule has 0 unspecified atom stereocenters. The van der Waals surface area contributed by atoms with Crippen LogP contribution < -0.4 is 10.1 Å². The predicted octanol–water partition coefficient (Wildman–Crippen LogP) is 2.35. The molecule has 1 aromatic heterocycles. The molecule has 0 aliphatic rings. The van der Waals surface area contributed by atoms with Crippen molar-refractivity contribution in [2.24, 2.45) is 0 Å². The monoisotopic (exact) mass is 362 g/mol. The lowest BCUT2D eigenvalue weighted by atomic mass is 10.2. The van der Waals surface area contributed by atoms with E-state index in [0.29, 0.717) is 12.3 Å². The molecule has 1 N–H and O–H groups in total. The minimum atomic E-state index is -3.51. The van der Waals surface area contributed by atoms with Gasteiger partial charge in [0, 0.05) is 25.4 Å². The van der Waals surface area contributed by atoms with Crippen LogP contribution >= 0.6 is 0 Å². The number of pyridine rings is 1. The zero-order valence-electron chi connectivity index (χ0n) is 14.3. The third kappa shape index (κ3) is 6.19. The number of aromatic nitrogens is 1. The van der Waals surface area contributed by atoms with Gasteiger partial charge in [0.2, 0.25) is 5.91 Å². The Hall–Kier alpha value is -2.41. The van der Waals surface area contributed by atoms with Crippen LogP contribution in [0.5, 0.6) is 5.75 Å². The first-order valence-electron chi connectivity index (χ1n) is 8.02. The van der Waals surface area contributed by atoms with Crippen molar-refractivity contribution in [2.75, 3.05) is 5.75 Å². The molecule has 0 saturated heterocycles. The average Bonchev–Trinajstić information content (AvgIpc) is 2.59. The largest absolute Gasteiger partial charge is 0.491 e. The van der Waals surface area contributed by atoms with Crippen molar-refractivity contribution >= 4 is 15.7 Å². The summed E-state index contributed by atoms with van der Waals surface area (Å²) in [5.41, 5.74) is 0.909. The molecular formula is C18H22N2O4S. The number of nitrogens with one attached hydrogen (secondary N) is 1. The first-order valence-corrected chi connectivity index (χ1v) is 9.67. The Morgan fingerprint density at radius 2 is 1.76 bits per heavy atom. The summed E-state index contributed by atoms with van der Waals surface area (Å²) in [7, 11) is -3.51. The molecule has 1 heterocycles. The lowest BCUT2D eigenvalue weighted by Crippen LogP contribution is -2.25. The minimum Gasteiger partial charge on any atom is -0.491 e. The Balaban J connectivity index is 1.87. The van der Waals surface area contributed by atoms with Gasteiger partial charge in [-0.15, -0.1) is 0 Å². The smallest absolute Gasteiger partial charge is 0.221 e. The summed E-state index contributed by atoms with van der Waals surface area (Å²) < 4.78 is 30.1. The second-order valence-electron chi connectivity index (χ2n) is 5.84. The molecule has 0 spiro atoms. The number of nitrogens with zero attached hydrogens (tertiary/aromatic N) is 1. The van der Waals surface area contributed by atoms with Gasteiger partial charge in [0.15, 0.2) is 9.84 Å². The normalized spacial score (nSPS) is 11.3. The number of amides is 1. The number of carbonyl (C=O) groups excluding carboxylic acids is 1. The molecule has 2 rings (SSSR count). The number of sulfone groups is 1. The molecule has 0 aliphatic carbocycles. The van der Waals surface area contributed by atoms with E-state index in [1.54, 1.807) is 36.7 Å². The predicted molar refractivity (Wildman–Crippen MR) is 95.0 cm³/mol. The third-order valence-electron chi connectivity index (χ3n) is 3.39. The van der Waals surface area contributed by atoms with E-state index in [4.69, 9.17) is 4.74 Å². The number of rotatable bonds is 8. The minimum absolute atomic E-state index is 0.0200. The Bertz CT molecular complexity index is 788. The molecule has 1 amide bonds. The fraction of sp³-hybridized carbons (Fsp3) is 0.333. The van der Waals surface area contributed by atoms with Crippen LogP contribution in [-0.4, -0.2) is 31.2 Å². The molecule has 25 heavy (non-hydrogen) atoms. The van der Waals surface area contributed by atoms with Gasteiger partial charge < -0.3 is 10.1 Å². The fourth-order valence-corrected chi connectivity index (χ4v) is 3.37. The van der Waals surface area contributed by atoms with Crippen LogP contribution in [-0.2, 0) is 21.2 Å². The summed E-state index contributed by atoms with van der Waals surface area (Å²) in [6.45, 7) is 4.15. The van der Waals surface area contributed by atoms with Crippen molar-refractivity contribution in [3.63, 3.8) is 0 Å². The molecule has 134 valence electrons. The van der Waals surface area contributed by atoms with Crippen molar-refractivity contribution in [2.45, 2.75) is 37.8 Å². The Morgan fingerprint density at radius 3 is 2.36 bits per heavy atom. The zero-order chi connectivity index (χ0) is 18.3. The highest BCUT2D eigenvalue weighted by Crippen LogP contribution is 2.18. The number of benzene rings is 1. The van der Waals surface area contributed by atoms with Gasteiger partial charge in [0.1, 0.15) is 5.75 Å². The fourth-order valence-electron chi connectivity index (χ4n) is 2.13. The lowest BCUT2D eigenvalue weighted by Gasteiger charge is -2.10. The van der Waals surface area contributed by atoms with E-state index in [1.807, 2.05) is 13.8 Å². The second-order valence-corrected chi connectivity index (χ2v) is 7.95. The van der Waals surface area contributed by atoms with Crippen LogP contribution in [0.3, 0.4) is 0 Å². The Kier molecular flexibility index (Phi) is 6.52. The summed E-state index contributed by atoms with van der Waals surface area (Å²) in [6.07, 6.45) is 3.21. The van der Waals surface area contributed by atoms with E-state index < -0.39 is 9.84 Å². The Labute approximate surface area is 148 Å². The number of hydrogen-bond acceptors (Lipinski definition) is 5. The standard InChI is InChI=1S/C18H22N2O4S/c1-14(2)24-16-3-5-17(6-4-16)25(22,23)12-9-18(21)20-13-15-7-10-19-11-8-15/h3-8,10-11,14H,9,12-13H2,1-2H3,(H,20,21). The summed E-state index contributed by atoms with van der Waals surface area (Å²) in [5, 5.41) is 2.70. The van der Waals surface area contributed by atoms with E-state index in [0.717, 1.165) is 5.56 Å². The molecule has 6 nitrogen and oxygen atoms in total. The van der Waals surface area contributed by atoms with Gasteiger partial charge in [-0.2, -0.15) is 0 Å². The first kappa shape index (κ1) is 18.9. The quantitative estimate of drug-likeness (QED) is 0.779. The van der Waals surface area contributed by atoms with Crippen LogP contribution in [0.2, 0.25) is 0 Å². The van der Waals surface area contributed by atoms with Crippen LogP contribution in [0.4, 0.5) is 0 Å². The summed E-state index contributed by atoms with van der Waals surface area (Å²) >= 11 is 0. The average molecular weight is 362 g/mol. The topological polar surface area (TPSA) is 85.4 Å². The lowest BCUT2D eigenvalue weighted by molar-refractivity contribution is -0.120. The van der Waals surface area contributed by atoms with Crippen molar-refractivity contribution in [3.05, 3.63) is 54.4 Å². The SMILES string of the molecule is CC(C)Oc1ccc(S(=O)(=O)CCC(=O)NCc2ccncc2)cc1. The van der Waals surface area contributed by atoms with E-state index >= 15 is 0 Å². The maximum absolute atomic E-state index is 12.3. The zero-order valence-corrected chi connectivity index (χ0v) is 15.1. The molecular weight excluding hydrogens is 340 g/mol. The molecule has 1 aromatic carbocycles. The Morgan fingerprint density at radius 1 is 1.12 bits per heavy atom. The van der Waals surface area contributed by atoms with Crippen LogP contribution in [0.25, 0.3) is 0 Å². The van der Waals surface area contributed by atoms with Gasteiger partial charge in [-0.25, -0.2) is 8.42 Å². The van der Waals surface area contributed by atoms with Gasteiger partial charge in [0.25, 0.3) is 0 Å². The van der Waals surface area contributed by atoms with E-state index in [-0.39, 0.29) is 29.1 Å². The van der Waals surface area contributed by atoms with Gasteiger partial charge in [-0.3, -0.25) is 9.78 Å². The third-order valence-corrected chi connectivity index (χ3v) is 5.12. The molecule has 2 aromatic rings. The highest BCUT2D eigenvalue weighted by Gasteiger charge is 2.16. The van der Waals surface area contributed by atoms with E-state index in [1.165, 1.54) is 12.1 Å². The second kappa shape index (κ2) is 8.62. The summed E-state index contributed by atoms with van der Waals surface area (Å²) in [6, 6.07) is 9.83. The van der Waals surface area contributed by atoms with Crippen molar-refractivity contribution < 1.29 is 17.9 Å². The highest BCUT2D eigenvalue weighted by atomic mass is 32.2. The van der Waals surface area contributed by atoms with Crippen LogP contribution in [0.1, 0.15) is 25.8 Å². The van der Waals surface area contributed by atoms with Crippen molar-refractivity contribution in [3.8, 4) is 5.75 Å². The molecule has 0 radical (unpaired) electrons. The van der Waals surface area contributed by atoms with Crippen molar-refractivity contribution in [1.29, 1.82) is 0 Å². The molecule has 0 bridgehead atoms. The first-order chi connectivity index (χ1) is 11.9. The van der Waals surface area contributed by atoms with Crippen LogP contribution in [0.15, 0.2) is 53.7 Å². The number of carbonyl (C=O) groups is 1. The van der Waals surface area contributed by atoms with E-state index in [9.17, 15) is 13.2 Å². The maximum atomic E-state index is 12.3. The van der Waals surface area contributed by atoms with Gasteiger partial charge in [-0.05, 0) is 55.8 Å². The molecule has 0 saturated carbocycles. The summed E-state index contributed by atoms with van der Waals surface area (Å²) in [4.78, 5) is 15.9. The van der Waals surface area contributed by atoms with Gasteiger partial charge in [-0.1, -0.05) is 0 Å². The molecule has 0 fully saturated rings. The highest BCUT2D eigenvalue weighted by molar-refractivity contribution is 7.91. The molecule has 0 atom stereocenters. The van der Waals surface area contributed by atoms with Crippen molar-refractivity contribution in [1.82, 2.24) is 10.3 Å². The van der Waals surface area contributed by atoms with Gasteiger partial charge in [0.05, 0.1) is 16.8 Å². The number of hydrogen-bond donors (Lipinski definition) is 1. The van der Waals surface area contributed by atoms with Crippen LogP contribution in [0, 0.1) is 0 Å². The molecule has 7 heteroatoms.